The Morgan fingerprint density at radius 1 is 1.09 bits per heavy atom. The van der Waals surface area contributed by atoms with E-state index in [2.05, 4.69) is 5.16 Å². The van der Waals surface area contributed by atoms with Gasteiger partial charge < -0.3 is 18.9 Å². The lowest BCUT2D eigenvalue weighted by Gasteiger charge is -2.20. The van der Waals surface area contributed by atoms with E-state index in [-0.39, 0.29) is 11.5 Å². The van der Waals surface area contributed by atoms with E-state index in [1.807, 2.05) is 68.4 Å². The Balaban J connectivity index is 1.54. The van der Waals surface area contributed by atoms with Crippen molar-refractivity contribution in [3.05, 3.63) is 93.3 Å². The van der Waals surface area contributed by atoms with Crippen molar-refractivity contribution >= 4 is 29.8 Å². The van der Waals surface area contributed by atoms with Gasteiger partial charge in [0.2, 0.25) is 0 Å². The first kappa shape index (κ1) is 21.0. The first-order chi connectivity index (χ1) is 15.9. The third-order valence-electron chi connectivity index (χ3n) is 5.86. The van der Waals surface area contributed by atoms with E-state index in [4.69, 9.17) is 13.9 Å². The first-order valence-corrected chi connectivity index (χ1v) is 10.7. The minimum absolute atomic E-state index is 0.0318. The lowest BCUT2D eigenvalue weighted by Crippen LogP contribution is -2.37. The van der Waals surface area contributed by atoms with Crippen LogP contribution in [0, 0.1) is 13.8 Å². The maximum Gasteiger partial charge on any atom is 0.583 e. The summed E-state index contributed by atoms with van der Waals surface area (Å²) >= 11 is 0. The zero-order valence-electron chi connectivity index (χ0n) is 18.5. The molecule has 5 rings (SSSR count). The van der Waals surface area contributed by atoms with Crippen LogP contribution >= 0.6 is 0 Å². The minimum atomic E-state index is -1.07. The van der Waals surface area contributed by atoms with Gasteiger partial charge in [0.25, 0.3) is 0 Å². The molecule has 1 N–H and O–H groups in total. The van der Waals surface area contributed by atoms with Crippen LogP contribution in [-0.4, -0.2) is 18.4 Å². The van der Waals surface area contributed by atoms with Gasteiger partial charge in [0.15, 0.2) is 5.43 Å². The SMILES string of the molecule is Cc1cc([C@H](C)Oc2ccccc2-c2ccc3c(c2)C=NOB3O)c2occ(C)c(=O)c2c1. The molecule has 0 unspecified atom stereocenters. The Labute approximate surface area is 191 Å². The van der Waals surface area contributed by atoms with Crippen LogP contribution in [0.15, 0.2) is 75.2 Å². The monoisotopic (exact) mass is 439 g/mol. The van der Waals surface area contributed by atoms with Crippen LogP contribution in [0.4, 0.5) is 0 Å². The number of benzene rings is 3. The Kier molecular flexibility index (Phi) is 5.26. The number of ether oxygens (including phenoxy) is 1. The molecular weight excluding hydrogens is 417 g/mol. The molecule has 4 aromatic rings. The highest BCUT2D eigenvalue weighted by atomic mass is 16.6. The summed E-state index contributed by atoms with van der Waals surface area (Å²) in [7, 11) is -1.07. The molecule has 0 fully saturated rings. The molecule has 1 aliphatic heterocycles. The van der Waals surface area contributed by atoms with Gasteiger partial charge in [0.05, 0.1) is 17.9 Å². The van der Waals surface area contributed by atoms with Gasteiger partial charge in [-0.05, 0) is 61.7 Å². The van der Waals surface area contributed by atoms with Crippen LogP contribution in [0.5, 0.6) is 5.75 Å². The predicted octanol–water partition coefficient (Wildman–Crippen LogP) is 4.27. The number of hydrogen-bond donors (Lipinski definition) is 1. The van der Waals surface area contributed by atoms with Gasteiger partial charge in [-0.2, -0.15) is 0 Å². The van der Waals surface area contributed by atoms with Crippen LogP contribution in [0.2, 0.25) is 0 Å². The largest absolute Gasteiger partial charge is 0.583 e. The number of rotatable bonds is 4. The van der Waals surface area contributed by atoms with Crippen LogP contribution in [0.25, 0.3) is 22.1 Å². The first-order valence-electron chi connectivity index (χ1n) is 10.7. The van der Waals surface area contributed by atoms with Crippen LogP contribution < -0.4 is 15.6 Å². The highest BCUT2D eigenvalue weighted by Crippen LogP contribution is 2.35. The smallest absolute Gasteiger partial charge is 0.485 e. The maximum atomic E-state index is 12.7. The molecule has 3 aromatic carbocycles. The molecule has 164 valence electrons. The summed E-state index contributed by atoms with van der Waals surface area (Å²) in [6.07, 6.45) is 2.71. The van der Waals surface area contributed by atoms with Crippen LogP contribution in [0.3, 0.4) is 0 Å². The topological polar surface area (TPSA) is 81.3 Å². The van der Waals surface area contributed by atoms with E-state index in [0.29, 0.717) is 27.7 Å². The quantitative estimate of drug-likeness (QED) is 0.481. The van der Waals surface area contributed by atoms with Crippen molar-refractivity contribution in [1.82, 2.24) is 0 Å². The zero-order chi connectivity index (χ0) is 23.1. The Morgan fingerprint density at radius 3 is 2.76 bits per heavy atom. The van der Waals surface area contributed by atoms with Crippen molar-refractivity contribution in [2.24, 2.45) is 5.16 Å². The number of nitrogens with zero attached hydrogens (tertiary/aromatic N) is 1. The maximum absolute atomic E-state index is 12.7. The average Bonchev–Trinajstić information content (AvgIpc) is 2.81. The molecule has 1 aliphatic rings. The lowest BCUT2D eigenvalue weighted by atomic mass is 9.75. The Hall–Kier alpha value is -3.84. The molecule has 0 bridgehead atoms. The van der Waals surface area contributed by atoms with Crippen molar-refractivity contribution in [3.8, 4) is 16.9 Å². The molecule has 33 heavy (non-hydrogen) atoms. The van der Waals surface area contributed by atoms with Gasteiger partial charge in [-0.3, -0.25) is 4.79 Å². The van der Waals surface area contributed by atoms with Crippen LogP contribution in [0.1, 0.15) is 35.3 Å². The normalized spacial score (nSPS) is 13.5. The molecule has 0 radical (unpaired) electrons. The van der Waals surface area contributed by atoms with E-state index >= 15 is 0 Å². The second kappa shape index (κ2) is 8.26. The number of oxime groups is 1. The van der Waals surface area contributed by atoms with Gasteiger partial charge in [-0.25, -0.2) is 0 Å². The standard InChI is InChI=1S/C26H22BNO5/c1-15-10-21(26-22(11-15)25(29)16(2)14-31-26)17(3)32-24-7-5-4-6-20(24)18-8-9-23-19(12-18)13-28-33-27(23)30/h4-14,17,30H,1-3H3/t17-/m0/s1. The van der Waals surface area contributed by atoms with E-state index in [9.17, 15) is 9.82 Å². The minimum Gasteiger partial charge on any atom is -0.485 e. The second-order valence-electron chi connectivity index (χ2n) is 8.27. The van der Waals surface area contributed by atoms with E-state index in [0.717, 1.165) is 27.8 Å². The van der Waals surface area contributed by atoms with Crippen molar-refractivity contribution in [1.29, 1.82) is 0 Å². The molecule has 2 heterocycles. The van der Waals surface area contributed by atoms with Crippen molar-refractivity contribution in [2.45, 2.75) is 26.9 Å². The fourth-order valence-corrected chi connectivity index (χ4v) is 4.16. The van der Waals surface area contributed by atoms with Crippen molar-refractivity contribution in [3.63, 3.8) is 0 Å². The molecule has 0 saturated carbocycles. The molecule has 0 aliphatic carbocycles. The van der Waals surface area contributed by atoms with E-state index in [1.165, 1.54) is 6.26 Å². The number of hydrogen-bond acceptors (Lipinski definition) is 6. The molecular formula is C26H22BNO5. The predicted molar refractivity (Wildman–Crippen MR) is 129 cm³/mol. The molecule has 1 aromatic heterocycles. The summed E-state index contributed by atoms with van der Waals surface area (Å²) in [5, 5.41) is 14.3. The van der Waals surface area contributed by atoms with Gasteiger partial charge in [-0.1, -0.05) is 30.3 Å². The zero-order valence-corrected chi connectivity index (χ0v) is 18.5. The van der Waals surface area contributed by atoms with Gasteiger partial charge in [0.1, 0.15) is 17.4 Å². The van der Waals surface area contributed by atoms with E-state index < -0.39 is 7.12 Å². The van der Waals surface area contributed by atoms with Crippen molar-refractivity contribution < 1.29 is 18.9 Å². The molecule has 0 amide bonds. The Bertz CT molecular complexity index is 1460. The molecule has 7 heteroatoms. The average molecular weight is 439 g/mol. The summed E-state index contributed by atoms with van der Waals surface area (Å²) in [4.78, 5) is 12.7. The summed E-state index contributed by atoms with van der Waals surface area (Å²) in [5.74, 6) is 0.693. The summed E-state index contributed by atoms with van der Waals surface area (Å²) in [5.41, 5.74) is 6.14. The fourth-order valence-electron chi connectivity index (χ4n) is 4.16. The summed E-state index contributed by atoms with van der Waals surface area (Å²) < 4.78 is 17.1. The van der Waals surface area contributed by atoms with Crippen molar-refractivity contribution in [2.75, 3.05) is 0 Å². The third-order valence-corrected chi connectivity index (χ3v) is 5.86. The van der Waals surface area contributed by atoms with Gasteiger partial charge >= 0.3 is 7.12 Å². The molecule has 0 saturated heterocycles. The Morgan fingerprint density at radius 2 is 1.91 bits per heavy atom. The molecule has 1 atom stereocenters. The second-order valence-corrected chi connectivity index (χ2v) is 8.27. The number of fused-ring (bicyclic) bond motifs is 2. The van der Waals surface area contributed by atoms with E-state index in [1.54, 1.807) is 13.1 Å². The molecule has 6 nitrogen and oxygen atoms in total. The third kappa shape index (κ3) is 3.81. The number of aryl methyl sites for hydroxylation is 2. The van der Waals surface area contributed by atoms with Gasteiger partial charge in [0, 0.05) is 22.2 Å². The van der Waals surface area contributed by atoms with Crippen LogP contribution in [-0.2, 0) is 4.76 Å². The number of para-hydroxylation sites is 1. The van der Waals surface area contributed by atoms with Gasteiger partial charge in [-0.15, -0.1) is 5.16 Å². The summed E-state index contributed by atoms with van der Waals surface area (Å²) in [6, 6.07) is 17.3. The lowest BCUT2D eigenvalue weighted by molar-refractivity contribution is 0.228. The summed E-state index contributed by atoms with van der Waals surface area (Å²) in [6.45, 7) is 5.65. The fraction of sp³-hybridized carbons (Fsp3) is 0.154. The highest BCUT2D eigenvalue weighted by Gasteiger charge is 2.25. The molecule has 0 spiro atoms. The highest BCUT2D eigenvalue weighted by molar-refractivity contribution is 6.62.